The van der Waals surface area contributed by atoms with Crippen LogP contribution in [0.15, 0.2) is 70.1 Å². The van der Waals surface area contributed by atoms with E-state index in [1.165, 1.54) is 4.68 Å². The second-order valence-electron chi connectivity index (χ2n) is 4.20. The molecule has 0 aliphatic heterocycles. The third kappa shape index (κ3) is 2.39. The number of rotatable bonds is 2. The van der Waals surface area contributed by atoms with Crippen molar-refractivity contribution in [1.29, 1.82) is 0 Å². The maximum absolute atomic E-state index is 12.3. The van der Waals surface area contributed by atoms with Gasteiger partial charge in [0.15, 0.2) is 0 Å². The van der Waals surface area contributed by atoms with Crippen molar-refractivity contribution in [3.63, 3.8) is 0 Å². The van der Waals surface area contributed by atoms with Crippen LogP contribution < -0.4 is 11.0 Å². The summed E-state index contributed by atoms with van der Waals surface area (Å²) >= 11 is 3.38. The van der Waals surface area contributed by atoms with Crippen molar-refractivity contribution >= 4 is 32.4 Å². The van der Waals surface area contributed by atoms with Crippen LogP contribution in [0.4, 0.5) is 5.69 Å². The zero-order valence-corrected chi connectivity index (χ0v) is 11.6. The predicted molar refractivity (Wildman–Crippen MR) is 81.4 cm³/mol. The monoisotopic (exact) mass is 314 g/mol. The molecule has 0 saturated heterocycles. The van der Waals surface area contributed by atoms with Crippen LogP contribution in [0.25, 0.3) is 10.8 Å². The van der Waals surface area contributed by atoms with E-state index in [2.05, 4.69) is 21.4 Å². The van der Waals surface area contributed by atoms with E-state index in [4.69, 9.17) is 0 Å². The predicted octanol–water partition coefficient (Wildman–Crippen LogP) is 3.64. The summed E-state index contributed by atoms with van der Waals surface area (Å²) in [5.41, 5.74) is 3.88. The molecule has 0 radical (unpaired) electrons. The largest absolute Gasteiger partial charge is 0.292 e. The fourth-order valence-electron chi connectivity index (χ4n) is 1.94. The number of aromatic nitrogens is 1. The van der Waals surface area contributed by atoms with Crippen LogP contribution in [-0.4, -0.2) is 4.68 Å². The van der Waals surface area contributed by atoms with Crippen molar-refractivity contribution in [2.45, 2.75) is 0 Å². The average Bonchev–Trinajstić information content (AvgIpc) is 2.45. The first kappa shape index (κ1) is 12.0. The highest BCUT2D eigenvalue weighted by atomic mass is 79.9. The molecule has 0 aliphatic rings. The lowest BCUT2D eigenvalue weighted by molar-refractivity contribution is 0.913. The minimum absolute atomic E-state index is 0.0546. The third-order valence-electron chi connectivity index (χ3n) is 2.91. The first-order valence-electron chi connectivity index (χ1n) is 5.87. The Labute approximate surface area is 118 Å². The molecule has 3 aromatic rings. The summed E-state index contributed by atoms with van der Waals surface area (Å²) in [6.07, 6.45) is 1.74. The lowest BCUT2D eigenvalue weighted by Crippen LogP contribution is -2.25. The van der Waals surface area contributed by atoms with Gasteiger partial charge in [-0.05, 0) is 41.8 Å². The van der Waals surface area contributed by atoms with Gasteiger partial charge in [0.05, 0.1) is 5.69 Å². The molecule has 19 heavy (non-hydrogen) atoms. The van der Waals surface area contributed by atoms with E-state index >= 15 is 0 Å². The quantitative estimate of drug-likeness (QED) is 0.783. The molecule has 0 saturated carbocycles. The molecule has 2 aromatic carbocycles. The van der Waals surface area contributed by atoms with E-state index < -0.39 is 0 Å². The van der Waals surface area contributed by atoms with Gasteiger partial charge in [0.25, 0.3) is 5.56 Å². The molecule has 0 fully saturated rings. The van der Waals surface area contributed by atoms with Crippen LogP contribution in [0.3, 0.4) is 0 Å². The van der Waals surface area contributed by atoms with Crippen molar-refractivity contribution in [3.8, 4) is 0 Å². The summed E-state index contributed by atoms with van der Waals surface area (Å²) in [5, 5.41) is 1.65. The van der Waals surface area contributed by atoms with Gasteiger partial charge in [-0.1, -0.05) is 34.1 Å². The van der Waals surface area contributed by atoms with Crippen LogP contribution in [0, 0.1) is 0 Å². The number of anilines is 1. The fourth-order valence-corrected chi connectivity index (χ4v) is 2.21. The molecular formula is C15H11BrN2O. The van der Waals surface area contributed by atoms with Gasteiger partial charge in [-0.2, -0.15) is 0 Å². The first-order valence-corrected chi connectivity index (χ1v) is 6.66. The molecule has 0 aliphatic carbocycles. The van der Waals surface area contributed by atoms with Crippen molar-refractivity contribution in [2.24, 2.45) is 0 Å². The SMILES string of the molecule is O=c1c2ccccc2ccn1Nc1ccc(Br)cc1. The topological polar surface area (TPSA) is 34.0 Å². The van der Waals surface area contributed by atoms with E-state index in [1.54, 1.807) is 6.20 Å². The lowest BCUT2D eigenvalue weighted by atomic mass is 10.2. The Morgan fingerprint density at radius 1 is 0.947 bits per heavy atom. The Balaban J connectivity index is 2.04. The molecule has 3 rings (SSSR count). The number of fused-ring (bicyclic) bond motifs is 1. The highest BCUT2D eigenvalue weighted by Gasteiger charge is 2.01. The summed E-state index contributed by atoms with van der Waals surface area (Å²) in [4.78, 5) is 12.3. The molecule has 1 aromatic heterocycles. The van der Waals surface area contributed by atoms with Crippen LogP contribution in [-0.2, 0) is 0 Å². The van der Waals surface area contributed by atoms with Crippen LogP contribution >= 0.6 is 15.9 Å². The average molecular weight is 315 g/mol. The van der Waals surface area contributed by atoms with E-state index in [0.717, 1.165) is 15.5 Å². The Kier molecular flexibility index (Phi) is 3.09. The maximum Gasteiger partial charge on any atom is 0.276 e. The van der Waals surface area contributed by atoms with E-state index in [-0.39, 0.29) is 5.56 Å². The van der Waals surface area contributed by atoms with Gasteiger partial charge in [0.1, 0.15) is 0 Å². The summed E-state index contributed by atoms with van der Waals surface area (Å²) in [7, 11) is 0. The number of hydrogen-bond acceptors (Lipinski definition) is 2. The summed E-state index contributed by atoms with van der Waals surface area (Å²) in [5.74, 6) is 0. The van der Waals surface area contributed by atoms with Crippen molar-refractivity contribution < 1.29 is 0 Å². The van der Waals surface area contributed by atoms with Crippen LogP contribution in [0.2, 0.25) is 0 Å². The van der Waals surface area contributed by atoms with Gasteiger partial charge >= 0.3 is 0 Å². The second-order valence-corrected chi connectivity index (χ2v) is 5.11. The van der Waals surface area contributed by atoms with Crippen molar-refractivity contribution in [3.05, 3.63) is 75.6 Å². The molecule has 1 heterocycles. The Hall–Kier alpha value is -2.07. The Morgan fingerprint density at radius 3 is 2.47 bits per heavy atom. The molecule has 94 valence electrons. The summed E-state index contributed by atoms with van der Waals surface area (Å²) < 4.78 is 2.50. The zero-order valence-electron chi connectivity index (χ0n) is 10.0. The van der Waals surface area contributed by atoms with Gasteiger partial charge in [0.2, 0.25) is 0 Å². The normalized spacial score (nSPS) is 10.6. The van der Waals surface area contributed by atoms with Gasteiger partial charge < -0.3 is 0 Å². The standard InChI is InChI=1S/C15H11BrN2O/c16-12-5-7-13(8-6-12)17-18-10-9-11-3-1-2-4-14(11)15(18)19/h1-10,17H. The van der Waals surface area contributed by atoms with E-state index in [1.807, 2.05) is 54.6 Å². The van der Waals surface area contributed by atoms with Gasteiger partial charge in [0, 0.05) is 16.1 Å². The molecule has 0 bridgehead atoms. The Bertz CT molecular complexity index is 778. The van der Waals surface area contributed by atoms with E-state index in [9.17, 15) is 4.79 Å². The number of halogens is 1. The highest BCUT2D eigenvalue weighted by Crippen LogP contribution is 2.14. The number of nitrogens with zero attached hydrogens (tertiary/aromatic N) is 1. The van der Waals surface area contributed by atoms with Crippen molar-refractivity contribution in [2.75, 3.05) is 5.43 Å². The van der Waals surface area contributed by atoms with Gasteiger partial charge in [-0.25, -0.2) is 4.68 Å². The molecule has 1 N–H and O–H groups in total. The summed E-state index contributed by atoms with van der Waals surface area (Å²) in [6, 6.07) is 17.1. The molecule has 3 nitrogen and oxygen atoms in total. The molecule has 4 heteroatoms. The van der Waals surface area contributed by atoms with Crippen molar-refractivity contribution in [1.82, 2.24) is 4.68 Å². The Morgan fingerprint density at radius 2 is 1.68 bits per heavy atom. The molecule has 0 atom stereocenters. The minimum atomic E-state index is -0.0546. The van der Waals surface area contributed by atoms with Gasteiger partial charge in [-0.3, -0.25) is 10.2 Å². The van der Waals surface area contributed by atoms with E-state index in [0.29, 0.717) is 5.39 Å². The van der Waals surface area contributed by atoms with Crippen LogP contribution in [0.5, 0.6) is 0 Å². The lowest BCUT2D eigenvalue weighted by Gasteiger charge is -2.10. The van der Waals surface area contributed by atoms with Gasteiger partial charge in [-0.15, -0.1) is 0 Å². The number of benzene rings is 2. The number of pyridine rings is 1. The highest BCUT2D eigenvalue weighted by molar-refractivity contribution is 9.10. The second kappa shape index (κ2) is 4.90. The zero-order chi connectivity index (χ0) is 13.2. The molecule has 0 amide bonds. The molecule has 0 spiro atoms. The molecule has 0 unspecified atom stereocenters. The number of nitrogens with one attached hydrogen (secondary N) is 1. The molecular weight excluding hydrogens is 304 g/mol. The third-order valence-corrected chi connectivity index (χ3v) is 3.44. The smallest absolute Gasteiger partial charge is 0.276 e. The minimum Gasteiger partial charge on any atom is -0.292 e. The first-order chi connectivity index (χ1) is 9.24. The maximum atomic E-state index is 12.3. The van der Waals surface area contributed by atoms with Crippen LogP contribution in [0.1, 0.15) is 0 Å². The number of hydrogen-bond donors (Lipinski definition) is 1. The fraction of sp³-hybridized carbons (Fsp3) is 0. The summed E-state index contributed by atoms with van der Waals surface area (Å²) in [6.45, 7) is 0.